The van der Waals surface area contributed by atoms with Gasteiger partial charge in [0.2, 0.25) is 0 Å². The van der Waals surface area contributed by atoms with E-state index in [0.717, 1.165) is 30.7 Å². The Morgan fingerprint density at radius 3 is 2.44 bits per heavy atom. The van der Waals surface area contributed by atoms with Gasteiger partial charge in [0.15, 0.2) is 0 Å². The van der Waals surface area contributed by atoms with Gasteiger partial charge in [-0.3, -0.25) is 0 Å². The Morgan fingerprint density at radius 2 is 1.69 bits per heavy atom. The zero-order valence-electron chi connectivity index (χ0n) is 25.2. The van der Waals surface area contributed by atoms with Crippen LogP contribution in [-0.4, -0.2) is 12.1 Å². The average molecular weight is 527 g/mol. The Morgan fingerprint density at radius 1 is 0.923 bits per heavy atom. The lowest BCUT2D eigenvalue weighted by atomic mass is 9.50. The molecule has 0 aromatic heterocycles. The maximum Gasteiger partial charge on any atom is 0.331 e. The van der Waals surface area contributed by atoms with Crippen molar-refractivity contribution in [2.24, 2.45) is 46.3 Å². The van der Waals surface area contributed by atoms with E-state index < -0.39 is 0 Å². The number of fused-ring (bicyclic) bond motifs is 5. The fraction of sp³-hybridized carbons (Fsp3) is 0.595. The van der Waals surface area contributed by atoms with E-state index in [2.05, 4.69) is 65.8 Å². The summed E-state index contributed by atoms with van der Waals surface area (Å²) >= 11 is 0. The molecule has 0 N–H and O–H groups in total. The molecule has 210 valence electrons. The van der Waals surface area contributed by atoms with Gasteiger partial charge in [-0.1, -0.05) is 107 Å². The molecule has 0 radical (unpaired) electrons. The molecule has 0 bridgehead atoms. The van der Waals surface area contributed by atoms with Crippen molar-refractivity contribution >= 4 is 12.0 Å². The second kappa shape index (κ2) is 11.3. The SMILES string of the molecule is CC(C)[C@@H](C)C=C[C@@H](C)[C@H]1CCC2C3=CC=C4C[C@@H](OC(=O)C=Cc5ccccc5)CC[C@]4(C)C3CC[C@@]21C. The summed E-state index contributed by atoms with van der Waals surface area (Å²) in [5, 5.41) is 0. The van der Waals surface area contributed by atoms with Gasteiger partial charge in [0.1, 0.15) is 6.10 Å². The molecule has 39 heavy (non-hydrogen) atoms. The standard InChI is InChI=1S/C37H50O2/c1-25(2)26(3)12-13-27(4)32-17-18-33-31-16-15-29-24-30(39-35(38)19-14-28-10-8-7-9-11-28)20-22-36(29,5)34(31)21-23-37(32,33)6/h7-16,19,25-27,30,32-34H,17-18,20-24H2,1-6H3/t26-,27+,30-,32+,33?,34?,36-,37+/m0/s1. The molecule has 2 heteroatoms. The number of rotatable bonds is 7. The maximum absolute atomic E-state index is 12.6. The van der Waals surface area contributed by atoms with Crippen molar-refractivity contribution in [2.75, 3.05) is 0 Å². The number of hydrogen-bond donors (Lipinski definition) is 0. The lowest BCUT2D eigenvalue weighted by Gasteiger charge is -2.55. The Labute approximate surface area is 237 Å². The van der Waals surface area contributed by atoms with Crippen LogP contribution in [0.25, 0.3) is 6.08 Å². The predicted octanol–water partition coefficient (Wildman–Crippen LogP) is 9.60. The third kappa shape index (κ3) is 5.50. The van der Waals surface area contributed by atoms with Crippen LogP contribution in [0.5, 0.6) is 0 Å². The third-order valence-electron chi connectivity index (χ3n) is 11.5. The normalized spacial score (nSPS) is 35.7. The minimum atomic E-state index is -0.225. The number of benzene rings is 1. The molecule has 8 atom stereocenters. The van der Waals surface area contributed by atoms with Crippen molar-refractivity contribution in [3.05, 3.63) is 77.4 Å². The van der Waals surface area contributed by atoms with E-state index in [-0.39, 0.29) is 17.5 Å². The molecular weight excluding hydrogens is 476 g/mol. The number of carbonyl (C=O) groups excluding carboxylic acids is 1. The van der Waals surface area contributed by atoms with Crippen LogP contribution >= 0.6 is 0 Å². The van der Waals surface area contributed by atoms with Gasteiger partial charge >= 0.3 is 5.97 Å². The molecule has 2 nitrogen and oxygen atoms in total. The molecule has 3 saturated carbocycles. The highest BCUT2D eigenvalue weighted by atomic mass is 16.5. The van der Waals surface area contributed by atoms with E-state index in [1.807, 2.05) is 36.4 Å². The van der Waals surface area contributed by atoms with E-state index in [0.29, 0.717) is 35.0 Å². The number of ether oxygens (including phenoxy) is 1. The smallest absolute Gasteiger partial charge is 0.331 e. The first-order valence-corrected chi connectivity index (χ1v) is 15.6. The summed E-state index contributed by atoms with van der Waals surface area (Å²) in [6.07, 6.45) is 21.7. The van der Waals surface area contributed by atoms with Gasteiger partial charge in [-0.15, -0.1) is 0 Å². The van der Waals surface area contributed by atoms with Crippen LogP contribution in [0.3, 0.4) is 0 Å². The lowest BCUT2D eigenvalue weighted by molar-refractivity contribution is -0.144. The minimum absolute atomic E-state index is 0.0159. The van der Waals surface area contributed by atoms with Crippen LogP contribution in [0.2, 0.25) is 0 Å². The van der Waals surface area contributed by atoms with Crippen molar-refractivity contribution in [3.8, 4) is 0 Å². The van der Waals surface area contributed by atoms with E-state index in [9.17, 15) is 4.79 Å². The monoisotopic (exact) mass is 526 g/mol. The Balaban J connectivity index is 1.27. The molecule has 4 aliphatic rings. The Hall–Kier alpha value is -2.35. The van der Waals surface area contributed by atoms with Gasteiger partial charge in [0.25, 0.3) is 0 Å². The Kier molecular flexibility index (Phi) is 8.14. The van der Waals surface area contributed by atoms with Crippen molar-refractivity contribution in [2.45, 2.75) is 92.6 Å². The van der Waals surface area contributed by atoms with Crippen LogP contribution in [0.1, 0.15) is 92.1 Å². The summed E-state index contributed by atoms with van der Waals surface area (Å²) in [5.41, 5.74) is 4.89. The molecule has 0 heterocycles. The predicted molar refractivity (Wildman–Crippen MR) is 163 cm³/mol. The maximum atomic E-state index is 12.6. The Bertz CT molecular complexity index is 1150. The lowest BCUT2D eigenvalue weighted by Crippen LogP contribution is -2.46. The highest BCUT2D eigenvalue weighted by Crippen LogP contribution is 2.66. The largest absolute Gasteiger partial charge is 0.459 e. The van der Waals surface area contributed by atoms with Crippen molar-refractivity contribution in [1.29, 1.82) is 0 Å². The molecule has 0 spiro atoms. The number of hydrogen-bond acceptors (Lipinski definition) is 2. The van der Waals surface area contributed by atoms with Gasteiger partial charge in [-0.25, -0.2) is 4.79 Å². The summed E-state index contributed by atoms with van der Waals surface area (Å²) in [7, 11) is 0. The average Bonchev–Trinajstić information content (AvgIpc) is 3.28. The summed E-state index contributed by atoms with van der Waals surface area (Å²) < 4.78 is 5.93. The van der Waals surface area contributed by atoms with Gasteiger partial charge in [0.05, 0.1) is 0 Å². The molecule has 0 amide bonds. The summed E-state index contributed by atoms with van der Waals surface area (Å²) in [6.45, 7) is 14.6. The zero-order valence-corrected chi connectivity index (χ0v) is 25.2. The van der Waals surface area contributed by atoms with Crippen LogP contribution < -0.4 is 0 Å². The highest BCUT2D eigenvalue weighted by Gasteiger charge is 2.57. The fourth-order valence-electron chi connectivity index (χ4n) is 8.61. The second-order valence-corrected chi connectivity index (χ2v) is 14.0. The minimum Gasteiger partial charge on any atom is -0.459 e. The number of carbonyl (C=O) groups is 1. The molecular formula is C37H50O2. The summed E-state index contributed by atoms with van der Waals surface area (Å²) in [6, 6.07) is 9.95. The molecule has 1 aromatic rings. The van der Waals surface area contributed by atoms with Crippen LogP contribution in [-0.2, 0) is 9.53 Å². The number of allylic oxidation sites excluding steroid dienone is 5. The van der Waals surface area contributed by atoms with Gasteiger partial charge in [-0.2, -0.15) is 0 Å². The third-order valence-corrected chi connectivity index (χ3v) is 11.5. The zero-order chi connectivity index (χ0) is 27.8. The van der Waals surface area contributed by atoms with Gasteiger partial charge in [0, 0.05) is 12.5 Å². The van der Waals surface area contributed by atoms with E-state index >= 15 is 0 Å². The van der Waals surface area contributed by atoms with Gasteiger partial charge in [-0.05, 0) is 96.5 Å². The fourth-order valence-corrected chi connectivity index (χ4v) is 8.61. The molecule has 4 aliphatic carbocycles. The molecule has 3 fully saturated rings. The topological polar surface area (TPSA) is 26.3 Å². The first-order chi connectivity index (χ1) is 18.6. The molecule has 2 unspecified atom stereocenters. The first-order valence-electron chi connectivity index (χ1n) is 15.6. The van der Waals surface area contributed by atoms with Crippen LogP contribution in [0.4, 0.5) is 0 Å². The molecule has 0 saturated heterocycles. The molecule has 5 rings (SSSR count). The second-order valence-electron chi connectivity index (χ2n) is 14.0. The van der Waals surface area contributed by atoms with E-state index in [1.165, 1.54) is 31.3 Å². The first kappa shape index (κ1) is 28.2. The van der Waals surface area contributed by atoms with Crippen LogP contribution in [0, 0.1) is 46.3 Å². The summed E-state index contributed by atoms with van der Waals surface area (Å²) in [5.74, 6) is 3.91. The quantitative estimate of drug-likeness (QED) is 0.201. The van der Waals surface area contributed by atoms with E-state index in [4.69, 9.17) is 4.74 Å². The molecule has 0 aliphatic heterocycles. The summed E-state index contributed by atoms with van der Waals surface area (Å²) in [4.78, 5) is 12.6. The van der Waals surface area contributed by atoms with Crippen molar-refractivity contribution in [1.82, 2.24) is 0 Å². The number of esters is 1. The van der Waals surface area contributed by atoms with Crippen LogP contribution in [0.15, 0.2) is 71.9 Å². The highest BCUT2D eigenvalue weighted by molar-refractivity contribution is 5.87. The van der Waals surface area contributed by atoms with E-state index in [1.54, 1.807) is 11.6 Å². The van der Waals surface area contributed by atoms with Crippen molar-refractivity contribution < 1.29 is 9.53 Å². The molecule has 1 aromatic carbocycles. The van der Waals surface area contributed by atoms with Crippen molar-refractivity contribution in [3.63, 3.8) is 0 Å². The van der Waals surface area contributed by atoms with Gasteiger partial charge < -0.3 is 4.74 Å².